The molecule has 5 heteroatoms. The van der Waals surface area contributed by atoms with Gasteiger partial charge in [0.2, 0.25) is 5.91 Å². The largest absolute Gasteiger partial charge is 0.481 e. The van der Waals surface area contributed by atoms with Gasteiger partial charge < -0.3 is 16.2 Å². The van der Waals surface area contributed by atoms with E-state index < -0.39 is 12.0 Å². The quantitative estimate of drug-likeness (QED) is 0.554. The van der Waals surface area contributed by atoms with E-state index in [4.69, 9.17) is 10.8 Å². The molecule has 1 amide bonds. The van der Waals surface area contributed by atoms with Crippen molar-refractivity contribution in [1.29, 1.82) is 0 Å². The van der Waals surface area contributed by atoms with Crippen LogP contribution in [0, 0.1) is 5.92 Å². The van der Waals surface area contributed by atoms with Gasteiger partial charge in [0, 0.05) is 13.0 Å². The van der Waals surface area contributed by atoms with Crippen LogP contribution in [0.2, 0.25) is 0 Å². The number of hydrogen-bond donors (Lipinski definition) is 3. The molecule has 5 nitrogen and oxygen atoms in total. The van der Waals surface area contributed by atoms with Crippen molar-refractivity contribution < 1.29 is 14.7 Å². The second-order valence-electron chi connectivity index (χ2n) is 4.87. The monoisotopic (exact) mass is 258 g/mol. The molecule has 0 saturated heterocycles. The summed E-state index contributed by atoms with van der Waals surface area (Å²) in [7, 11) is 0. The van der Waals surface area contributed by atoms with Crippen molar-refractivity contribution in [3.05, 3.63) is 0 Å². The Kier molecular flexibility index (Phi) is 9.28. The van der Waals surface area contributed by atoms with Gasteiger partial charge in [-0.3, -0.25) is 9.59 Å². The Morgan fingerprint density at radius 2 is 1.94 bits per heavy atom. The standard InChI is InChI=1S/C13H26N2O3/c1-3-4-5-11(14)13(18)15-9-8-10(2)6-7-12(16)17/h10-11H,3-9,14H2,1-2H3,(H,15,18)(H,16,17)/t10?,11-/m0/s1. The van der Waals surface area contributed by atoms with Crippen LogP contribution in [-0.2, 0) is 9.59 Å². The molecule has 106 valence electrons. The maximum Gasteiger partial charge on any atom is 0.303 e. The number of hydrogen-bond acceptors (Lipinski definition) is 3. The molecular weight excluding hydrogens is 232 g/mol. The number of amides is 1. The lowest BCUT2D eigenvalue weighted by atomic mass is 10.0. The lowest BCUT2D eigenvalue weighted by Crippen LogP contribution is -2.41. The molecule has 0 aliphatic rings. The van der Waals surface area contributed by atoms with Gasteiger partial charge in [0.25, 0.3) is 0 Å². The van der Waals surface area contributed by atoms with E-state index in [1.807, 2.05) is 6.92 Å². The molecule has 0 aromatic heterocycles. The van der Waals surface area contributed by atoms with Crippen molar-refractivity contribution in [1.82, 2.24) is 5.32 Å². The SMILES string of the molecule is CCCC[C@H](N)C(=O)NCCC(C)CCC(=O)O. The summed E-state index contributed by atoms with van der Waals surface area (Å²) in [6.45, 7) is 4.63. The smallest absolute Gasteiger partial charge is 0.303 e. The number of unbranched alkanes of at least 4 members (excludes halogenated alkanes) is 1. The maximum atomic E-state index is 11.6. The highest BCUT2D eigenvalue weighted by molar-refractivity contribution is 5.81. The summed E-state index contributed by atoms with van der Waals surface area (Å²) in [5.41, 5.74) is 5.73. The van der Waals surface area contributed by atoms with Crippen LogP contribution < -0.4 is 11.1 Å². The first-order valence-electron chi connectivity index (χ1n) is 6.72. The topological polar surface area (TPSA) is 92.4 Å². The number of carbonyl (C=O) groups is 2. The summed E-state index contributed by atoms with van der Waals surface area (Å²) in [4.78, 5) is 22.0. The van der Waals surface area contributed by atoms with Gasteiger partial charge in [-0.15, -0.1) is 0 Å². The van der Waals surface area contributed by atoms with Crippen molar-refractivity contribution in [2.24, 2.45) is 11.7 Å². The fourth-order valence-corrected chi connectivity index (χ4v) is 1.64. The van der Waals surface area contributed by atoms with Crippen LogP contribution in [0.15, 0.2) is 0 Å². The van der Waals surface area contributed by atoms with Crippen molar-refractivity contribution >= 4 is 11.9 Å². The van der Waals surface area contributed by atoms with E-state index >= 15 is 0 Å². The summed E-state index contributed by atoms with van der Waals surface area (Å²) >= 11 is 0. The zero-order valence-corrected chi connectivity index (χ0v) is 11.4. The first-order chi connectivity index (χ1) is 8.47. The minimum absolute atomic E-state index is 0.103. The Hall–Kier alpha value is -1.10. The molecule has 0 spiro atoms. The van der Waals surface area contributed by atoms with Crippen LogP contribution >= 0.6 is 0 Å². The fraction of sp³-hybridized carbons (Fsp3) is 0.846. The Bertz CT molecular complexity index is 257. The minimum Gasteiger partial charge on any atom is -0.481 e. The average Bonchev–Trinajstić information content (AvgIpc) is 2.33. The van der Waals surface area contributed by atoms with Crippen LogP contribution in [0.3, 0.4) is 0 Å². The zero-order chi connectivity index (χ0) is 14.0. The number of aliphatic carboxylic acids is 1. The van der Waals surface area contributed by atoms with Crippen LogP contribution in [0.1, 0.15) is 52.4 Å². The van der Waals surface area contributed by atoms with Gasteiger partial charge in [0.05, 0.1) is 6.04 Å². The molecule has 0 bridgehead atoms. The highest BCUT2D eigenvalue weighted by Gasteiger charge is 2.12. The van der Waals surface area contributed by atoms with Crippen molar-refractivity contribution in [3.63, 3.8) is 0 Å². The zero-order valence-electron chi connectivity index (χ0n) is 11.4. The van der Waals surface area contributed by atoms with Gasteiger partial charge in [-0.1, -0.05) is 26.7 Å². The highest BCUT2D eigenvalue weighted by Crippen LogP contribution is 2.09. The fourth-order valence-electron chi connectivity index (χ4n) is 1.64. The molecule has 1 unspecified atom stereocenters. The molecule has 18 heavy (non-hydrogen) atoms. The Morgan fingerprint density at radius 3 is 2.50 bits per heavy atom. The lowest BCUT2D eigenvalue weighted by Gasteiger charge is -2.14. The molecule has 0 fully saturated rings. The highest BCUT2D eigenvalue weighted by atomic mass is 16.4. The van der Waals surface area contributed by atoms with E-state index in [2.05, 4.69) is 12.2 Å². The molecule has 0 radical (unpaired) electrons. The molecule has 0 aromatic carbocycles. The van der Waals surface area contributed by atoms with E-state index in [-0.39, 0.29) is 12.3 Å². The van der Waals surface area contributed by atoms with Gasteiger partial charge >= 0.3 is 5.97 Å². The third-order valence-electron chi connectivity index (χ3n) is 2.99. The van der Waals surface area contributed by atoms with Crippen LogP contribution in [0.4, 0.5) is 0 Å². The summed E-state index contributed by atoms with van der Waals surface area (Å²) in [5, 5.41) is 11.3. The Labute approximate surface area is 109 Å². The van der Waals surface area contributed by atoms with E-state index in [0.717, 1.165) is 25.7 Å². The van der Waals surface area contributed by atoms with Gasteiger partial charge in [-0.25, -0.2) is 0 Å². The minimum atomic E-state index is -0.771. The molecule has 4 N–H and O–H groups in total. The second kappa shape index (κ2) is 9.88. The van der Waals surface area contributed by atoms with Crippen LogP contribution in [-0.4, -0.2) is 29.6 Å². The first-order valence-corrected chi connectivity index (χ1v) is 6.72. The van der Waals surface area contributed by atoms with Crippen molar-refractivity contribution in [3.8, 4) is 0 Å². The summed E-state index contributed by atoms with van der Waals surface area (Å²) in [6, 6.07) is -0.417. The predicted molar refractivity (Wildman–Crippen MR) is 71.2 cm³/mol. The number of carboxylic acid groups (broad SMARTS) is 1. The molecule has 0 aromatic rings. The molecule has 0 heterocycles. The number of nitrogens with one attached hydrogen (secondary N) is 1. The van der Waals surface area contributed by atoms with Crippen molar-refractivity contribution in [2.45, 2.75) is 58.4 Å². The Balaban J connectivity index is 3.63. The summed E-state index contributed by atoms with van der Waals surface area (Å²) < 4.78 is 0. The van der Waals surface area contributed by atoms with E-state index in [1.54, 1.807) is 0 Å². The normalized spacial score (nSPS) is 13.9. The van der Waals surface area contributed by atoms with Crippen LogP contribution in [0.5, 0.6) is 0 Å². The molecule has 0 aliphatic carbocycles. The molecule has 0 rings (SSSR count). The summed E-state index contributed by atoms with van der Waals surface area (Å²) in [6.07, 6.45) is 4.34. The van der Waals surface area contributed by atoms with E-state index in [1.165, 1.54) is 0 Å². The first kappa shape index (κ1) is 16.9. The van der Waals surface area contributed by atoms with E-state index in [9.17, 15) is 9.59 Å². The predicted octanol–water partition coefficient (Wildman–Crippen LogP) is 1.51. The van der Waals surface area contributed by atoms with Gasteiger partial charge in [-0.05, 0) is 25.2 Å². The Morgan fingerprint density at radius 1 is 1.28 bits per heavy atom. The molecule has 0 saturated carbocycles. The third kappa shape index (κ3) is 8.98. The average molecular weight is 258 g/mol. The lowest BCUT2D eigenvalue weighted by molar-refractivity contribution is -0.137. The number of rotatable bonds is 10. The van der Waals surface area contributed by atoms with Crippen molar-refractivity contribution in [2.75, 3.05) is 6.54 Å². The molecule has 0 aliphatic heterocycles. The summed E-state index contributed by atoms with van der Waals surface area (Å²) in [5.74, 6) is -0.574. The van der Waals surface area contributed by atoms with E-state index in [0.29, 0.717) is 18.9 Å². The van der Waals surface area contributed by atoms with Gasteiger partial charge in [-0.2, -0.15) is 0 Å². The molecular formula is C13H26N2O3. The molecule has 2 atom stereocenters. The number of carbonyl (C=O) groups excluding carboxylic acids is 1. The second-order valence-corrected chi connectivity index (χ2v) is 4.87. The third-order valence-corrected chi connectivity index (χ3v) is 2.99. The number of nitrogens with two attached hydrogens (primary N) is 1. The maximum absolute atomic E-state index is 11.6. The van der Waals surface area contributed by atoms with Crippen LogP contribution in [0.25, 0.3) is 0 Å². The van der Waals surface area contributed by atoms with Gasteiger partial charge in [0.1, 0.15) is 0 Å². The van der Waals surface area contributed by atoms with Gasteiger partial charge in [0.15, 0.2) is 0 Å². The number of carboxylic acids is 1.